The quantitative estimate of drug-likeness (QED) is 0.892. The summed E-state index contributed by atoms with van der Waals surface area (Å²) in [5, 5.41) is 5.80. The van der Waals surface area contributed by atoms with E-state index in [9.17, 15) is 14.0 Å². The standard InChI is InChI=1S/C18H26FN3O2/c1-18(2,3)12-20-17(24)21-13-8-10-22(11-9-13)16(23)14-6-4-5-7-15(14)19/h4-7,13H,8-12H2,1-3H3,(H2,20,21,24). The molecule has 1 heterocycles. The molecule has 24 heavy (non-hydrogen) atoms. The predicted molar refractivity (Wildman–Crippen MR) is 91.3 cm³/mol. The molecule has 132 valence electrons. The predicted octanol–water partition coefficient (Wildman–Crippen LogP) is 2.78. The highest BCUT2D eigenvalue weighted by Gasteiger charge is 2.26. The van der Waals surface area contributed by atoms with Crippen LogP contribution in [-0.4, -0.2) is 42.5 Å². The first kappa shape index (κ1) is 18.2. The first-order valence-corrected chi connectivity index (χ1v) is 8.34. The zero-order valence-electron chi connectivity index (χ0n) is 14.6. The zero-order chi connectivity index (χ0) is 17.7. The van der Waals surface area contributed by atoms with E-state index in [1.807, 2.05) is 0 Å². The van der Waals surface area contributed by atoms with Gasteiger partial charge in [0.05, 0.1) is 5.56 Å². The molecule has 0 aromatic heterocycles. The molecular formula is C18H26FN3O2. The molecule has 2 rings (SSSR count). The van der Waals surface area contributed by atoms with Crippen molar-refractivity contribution in [3.63, 3.8) is 0 Å². The summed E-state index contributed by atoms with van der Waals surface area (Å²) in [6.45, 7) is 7.79. The van der Waals surface area contributed by atoms with Crippen molar-refractivity contribution in [2.24, 2.45) is 5.41 Å². The van der Waals surface area contributed by atoms with Crippen LogP contribution in [0.15, 0.2) is 24.3 Å². The normalized spacial score (nSPS) is 15.9. The first-order chi connectivity index (χ1) is 11.3. The lowest BCUT2D eigenvalue weighted by molar-refractivity contribution is 0.0703. The fraction of sp³-hybridized carbons (Fsp3) is 0.556. The van der Waals surface area contributed by atoms with Gasteiger partial charge in [-0.2, -0.15) is 0 Å². The second-order valence-electron chi connectivity index (χ2n) is 7.43. The number of carbonyl (C=O) groups excluding carboxylic acids is 2. The van der Waals surface area contributed by atoms with Crippen LogP contribution in [0.2, 0.25) is 0 Å². The summed E-state index contributed by atoms with van der Waals surface area (Å²) in [5.74, 6) is -0.784. The van der Waals surface area contributed by atoms with E-state index >= 15 is 0 Å². The Morgan fingerprint density at radius 3 is 2.42 bits per heavy atom. The summed E-state index contributed by atoms with van der Waals surface area (Å²) in [5.41, 5.74) is 0.138. The van der Waals surface area contributed by atoms with Crippen LogP contribution < -0.4 is 10.6 Å². The minimum Gasteiger partial charge on any atom is -0.338 e. The van der Waals surface area contributed by atoms with E-state index in [1.165, 1.54) is 12.1 Å². The van der Waals surface area contributed by atoms with Crippen molar-refractivity contribution in [3.8, 4) is 0 Å². The monoisotopic (exact) mass is 335 g/mol. The van der Waals surface area contributed by atoms with E-state index in [1.54, 1.807) is 17.0 Å². The Morgan fingerprint density at radius 1 is 1.21 bits per heavy atom. The molecule has 0 unspecified atom stereocenters. The molecule has 1 aliphatic heterocycles. The maximum absolute atomic E-state index is 13.7. The van der Waals surface area contributed by atoms with Crippen molar-refractivity contribution in [1.82, 2.24) is 15.5 Å². The minimum atomic E-state index is -0.496. The summed E-state index contributed by atoms with van der Waals surface area (Å²) in [7, 11) is 0. The number of likely N-dealkylation sites (tertiary alicyclic amines) is 1. The summed E-state index contributed by atoms with van der Waals surface area (Å²) in [4.78, 5) is 25.9. The van der Waals surface area contributed by atoms with Gasteiger partial charge >= 0.3 is 6.03 Å². The third-order valence-corrected chi connectivity index (χ3v) is 4.00. The molecule has 0 radical (unpaired) electrons. The van der Waals surface area contributed by atoms with Gasteiger partial charge in [0, 0.05) is 25.7 Å². The number of benzene rings is 1. The molecule has 3 amide bonds. The Kier molecular flexibility index (Phi) is 5.80. The number of carbonyl (C=O) groups is 2. The molecule has 5 nitrogen and oxygen atoms in total. The van der Waals surface area contributed by atoms with Crippen molar-refractivity contribution in [2.45, 2.75) is 39.7 Å². The Labute approximate surface area is 142 Å². The SMILES string of the molecule is CC(C)(C)CNC(=O)NC1CCN(C(=O)c2ccccc2F)CC1. The third-order valence-electron chi connectivity index (χ3n) is 4.00. The van der Waals surface area contributed by atoms with E-state index in [4.69, 9.17) is 0 Å². The maximum atomic E-state index is 13.7. The van der Waals surface area contributed by atoms with Crippen molar-refractivity contribution >= 4 is 11.9 Å². The van der Waals surface area contributed by atoms with Gasteiger partial charge in [0.25, 0.3) is 5.91 Å². The first-order valence-electron chi connectivity index (χ1n) is 8.34. The molecule has 1 aromatic carbocycles. The fourth-order valence-corrected chi connectivity index (χ4v) is 2.61. The second-order valence-corrected chi connectivity index (χ2v) is 7.43. The molecule has 0 atom stereocenters. The Morgan fingerprint density at radius 2 is 1.83 bits per heavy atom. The van der Waals surface area contributed by atoms with Crippen LogP contribution in [0.5, 0.6) is 0 Å². The highest BCUT2D eigenvalue weighted by molar-refractivity contribution is 5.94. The molecule has 0 aliphatic carbocycles. The lowest BCUT2D eigenvalue weighted by Gasteiger charge is -2.32. The van der Waals surface area contributed by atoms with Gasteiger partial charge in [-0.25, -0.2) is 9.18 Å². The van der Waals surface area contributed by atoms with Crippen LogP contribution in [-0.2, 0) is 0 Å². The molecule has 1 fully saturated rings. The number of halogens is 1. The molecular weight excluding hydrogens is 309 g/mol. The van der Waals surface area contributed by atoms with Crippen LogP contribution >= 0.6 is 0 Å². The summed E-state index contributed by atoms with van der Waals surface area (Å²) < 4.78 is 13.7. The summed E-state index contributed by atoms with van der Waals surface area (Å²) >= 11 is 0. The van der Waals surface area contributed by atoms with E-state index in [0.29, 0.717) is 32.5 Å². The number of urea groups is 1. The average Bonchev–Trinajstić information content (AvgIpc) is 2.53. The van der Waals surface area contributed by atoms with E-state index in [-0.39, 0.29) is 29.0 Å². The van der Waals surface area contributed by atoms with Crippen LogP contribution in [0.1, 0.15) is 44.0 Å². The number of piperidine rings is 1. The van der Waals surface area contributed by atoms with E-state index < -0.39 is 5.82 Å². The molecule has 0 spiro atoms. The Balaban J connectivity index is 1.80. The maximum Gasteiger partial charge on any atom is 0.315 e. The van der Waals surface area contributed by atoms with Gasteiger partial charge in [-0.3, -0.25) is 4.79 Å². The largest absolute Gasteiger partial charge is 0.338 e. The number of nitrogens with one attached hydrogen (secondary N) is 2. The lowest BCUT2D eigenvalue weighted by Crippen LogP contribution is -2.50. The van der Waals surface area contributed by atoms with Crippen LogP contribution in [0.25, 0.3) is 0 Å². The van der Waals surface area contributed by atoms with Gasteiger partial charge in [-0.1, -0.05) is 32.9 Å². The van der Waals surface area contributed by atoms with Gasteiger partial charge < -0.3 is 15.5 Å². The molecule has 1 aliphatic rings. The van der Waals surface area contributed by atoms with E-state index in [0.717, 1.165) is 0 Å². The van der Waals surface area contributed by atoms with Crippen LogP contribution in [0.4, 0.5) is 9.18 Å². The van der Waals surface area contributed by atoms with Gasteiger partial charge in [-0.15, -0.1) is 0 Å². The topological polar surface area (TPSA) is 61.4 Å². The smallest absolute Gasteiger partial charge is 0.315 e. The highest BCUT2D eigenvalue weighted by atomic mass is 19.1. The highest BCUT2D eigenvalue weighted by Crippen LogP contribution is 2.16. The van der Waals surface area contributed by atoms with Crippen LogP contribution in [0.3, 0.4) is 0 Å². The van der Waals surface area contributed by atoms with Gasteiger partial charge in [-0.05, 0) is 30.4 Å². The van der Waals surface area contributed by atoms with Crippen LogP contribution in [0, 0.1) is 11.2 Å². The van der Waals surface area contributed by atoms with Gasteiger partial charge in [0.2, 0.25) is 0 Å². The lowest BCUT2D eigenvalue weighted by atomic mass is 9.97. The number of hydrogen-bond donors (Lipinski definition) is 2. The molecule has 0 saturated carbocycles. The Bertz CT molecular complexity index is 590. The molecule has 1 aromatic rings. The van der Waals surface area contributed by atoms with Gasteiger partial charge in [0.15, 0.2) is 0 Å². The molecule has 0 bridgehead atoms. The fourth-order valence-electron chi connectivity index (χ4n) is 2.61. The van der Waals surface area contributed by atoms with Crippen molar-refractivity contribution < 1.29 is 14.0 Å². The number of hydrogen-bond acceptors (Lipinski definition) is 2. The number of amides is 3. The second kappa shape index (κ2) is 7.64. The summed E-state index contributed by atoms with van der Waals surface area (Å²) in [6, 6.07) is 5.88. The molecule has 1 saturated heterocycles. The summed E-state index contributed by atoms with van der Waals surface area (Å²) in [6.07, 6.45) is 1.34. The van der Waals surface area contributed by atoms with E-state index in [2.05, 4.69) is 31.4 Å². The van der Waals surface area contributed by atoms with Crippen molar-refractivity contribution in [3.05, 3.63) is 35.6 Å². The third kappa shape index (κ3) is 5.22. The molecule has 6 heteroatoms. The Hall–Kier alpha value is -2.11. The van der Waals surface area contributed by atoms with Crippen molar-refractivity contribution in [1.29, 1.82) is 0 Å². The average molecular weight is 335 g/mol. The van der Waals surface area contributed by atoms with Crippen molar-refractivity contribution in [2.75, 3.05) is 19.6 Å². The zero-order valence-corrected chi connectivity index (χ0v) is 14.6. The minimum absolute atomic E-state index is 0.0346. The number of rotatable bonds is 3. The number of nitrogens with zero attached hydrogens (tertiary/aromatic N) is 1. The van der Waals surface area contributed by atoms with Gasteiger partial charge in [0.1, 0.15) is 5.82 Å². The molecule has 2 N–H and O–H groups in total.